The van der Waals surface area contributed by atoms with Crippen molar-refractivity contribution in [2.24, 2.45) is 5.92 Å². The summed E-state index contributed by atoms with van der Waals surface area (Å²) in [6, 6.07) is 3.37. The molecule has 6 heteroatoms. The van der Waals surface area contributed by atoms with Crippen molar-refractivity contribution < 1.29 is 9.53 Å². The summed E-state index contributed by atoms with van der Waals surface area (Å²) in [4.78, 5) is 16.6. The summed E-state index contributed by atoms with van der Waals surface area (Å²) in [6.07, 6.45) is 0.981. The zero-order chi connectivity index (χ0) is 15.8. The van der Waals surface area contributed by atoms with E-state index in [0.717, 1.165) is 13.0 Å². The van der Waals surface area contributed by atoms with E-state index in [1.807, 2.05) is 13.8 Å². The standard InChI is InChI=1S/C15H24ClN3O2/c1-5-8-17-13-7-6-11(16)14(19-13)15(20)18-12(9-21-4)10(2)3/h6-7,10,12H,5,8-9H2,1-4H3,(H,17,19)(H,18,20). The molecule has 5 nitrogen and oxygen atoms in total. The first-order valence-electron chi connectivity index (χ1n) is 7.19. The Hall–Kier alpha value is -1.33. The lowest BCUT2D eigenvalue weighted by molar-refractivity contribution is 0.0862. The zero-order valence-electron chi connectivity index (χ0n) is 13.1. The Morgan fingerprint density at radius 2 is 2.14 bits per heavy atom. The summed E-state index contributed by atoms with van der Waals surface area (Å²) in [5.74, 6) is 0.629. The maximum absolute atomic E-state index is 12.3. The minimum atomic E-state index is -0.282. The number of nitrogens with one attached hydrogen (secondary N) is 2. The molecule has 118 valence electrons. The first-order chi connectivity index (χ1) is 9.99. The summed E-state index contributed by atoms with van der Waals surface area (Å²) in [5.41, 5.74) is 0.236. The van der Waals surface area contributed by atoms with Crippen molar-refractivity contribution in [3.8, 4) is 0 Å². The van der Waals surface area contributed by atoms with Gasteiger partial charge < -0.3 is 15.4 Å². The van der Waals surface area contributed by atoms with Crippen molar-refractivity contribution in [3.05, 3.63) is 22.8 Å². The van der Waals surface area contributed by atoms with E-state index < -0.39 is 0 Å². The molecule has 1 heterocycles. The van der Waals surface area contributed by atoms with Gasteiger partial charge in [-0.3, -0.25) is 4.79 Å². The number of hydrogen-bond donors (Lipinski definition) is 2. The Morgan fingerprint density at radius 3 is 2.71 bits per heavy atom. The van der Waals surface area contributed by atoms with Gasteiger partial charge in [0, 0.05) is 13.7 Å². The van der Waals surface area contributed by atoms with Gasteiger partial charge in [0.15, 0.2) is 0 Å². The van der Waals surface area contributed by atoms with Crippen molar-refractivity contribution in [2.45, 2.75) is 33.2 Å². The van der Waals surface area contributed by atoms with Gasteiger partial charge >= 0.3 is 0 Å². The number of halogens is 1. The van der Waals surface area contributed by atoms with Crippen LogP contribution in [0.15, 0.2) is 12.1 Å². The molecule has 0 aliphatic carbocycles. The SMILES string of the molecule is CCCNc1ccc(Cl)c(C(=O)NC(COC)C(C)C)n1. The van der Waals surface area contributed by atoms with Gasteiger partial charge in [-0.25, -0.2) is 4.98 Å². The first kappa shape index (κ1) is 17.7. The van der Waals surface area contributed by atoms with Crippen LogP contribution in [0.2, 0.25) is 5.02 Å². The Bertz CT molecular complexity index is 466. The van der Waals surface area contributed by atoms with Gasteiger partial charge in [0.25, 0.3) is 5.91 Å². The second-order valence-electron chi connectivity index (χ2n) is 5.23. The highest BCUT2D eigenvalue weighted by Crippen LogP contribution is 2.17. The lowest BCUT2D eigenvalue weighted by atomic mass is 10.1. The highest BCUT2D eigenvalue weighted by Gasteiger charge is 2.20. The molecule has 1 amide bonds. The minimum Gasteiger partial charge on any atom is -0.383 e. The number of anilines is 1. The van der Waals surface area contributed by atoms with Crippen molar-refractivity contribution in [1.82, 2.24) is 10.3 Å². The van der Waals surface area contributed by atoms with Gasteiger partial charge in [0.05, 0.1) is 17.7 Å². The van der Waals surface area contributed by atoms with Crippen LogP contribution in [0.3, 0.4) is 0 Å². The van der Waals surface area contributed by atoms with Crippen molar-refractivity contribution in [2.75, 3.05) is 25.6 Å². The third-order valence-electron chi connectivity index (χ3n) is 3.08. The third-order valence-corrected chi connectivity index (χ3v) is 3.39. The first-order valence-corrected chi connectivity index (χ1v) is 7.57. The normalized spacial score (nSPS) is 12.3. The average Bonchev–Trinajstić information content (AvgIpc) is 2.45. The highest BCUT2D eigenvalue weighted by atomic mass is 35.5. The monoisotopic (exact) mass is 313 g/mol. The molecule has 0 aromatic carbocycles. The van der Waals surface area contributed by atoms with Crippen LogP contribution >= 0.6 is 11.6 Å². The molecule has 0 spiro atoms. The topological polar surface area (TPSA) is 63.2 Å². The van der Waals surface area contributed by atoms with Crippen LogP contribution in [-0.2, 0) is 4.74 Å². The molecule has 2 N–H and O–H groups in total. The molecule has 0 bridgehead atoms. The molecule has 1 unspecified atom stereocenters. The highest BCUT2D eigenvalue weighted by molar-refractivity contribution is 6.33. The minimum absolute atomic E-state index is 0.0763. The van der Waals surface area contributed by atoms with Crippen molar-refractivity contribution >= 4 is 23.3 Å². The van der Waals surface area contributed by atoms with Gasteiger partial charge in [-0.2, -0.15) is 0 Å². The summed E-state index contributed by atoms with van der Waals surface area (Å²) >= 11 is 6.08. The Balaban J connectivity index is 2.84. The van der Waals surface area contributed by atoms with E-state index in [2.05, 4.69) is 22.5 Å². The fourth-order valence-corrected chi connectivity index (χ4v) is 1.96. The van der Waals surface area contributed by atoms with Gasteiger partial charge in [-0.05, 0) is 24.5 Å². The van der Waals surface area contributed by atoms with Crippen LogP contribution in [0.1, 0.15) is 37.7 Å². The fourth-order valence-electron chi connectivity index (χ4n) is 1.77. The van der Waals surface area contributed by atoms with Crippen molar-refractivity contribution in [1.29, 1.82) is 0 Å². The molecule has 1 aromatic rings. The molecule has 0 fully saturated rings. The van der Waals surface area contributed by atoms with Crippen LogP contribution in [0.25, 0.3) is 0 Å². The molecular formula is C15H24ClN3O2. The molecule has 0 saturated carbocycles. The zero-order valence-corrected chi connectivity index (χ0v) is 13.8. The number of hydrogen-bond acceptors (Lipinski definition) is 4. The van der Waals surface area contributed by atoms with E-state index in [0.29, 0.717) is 17.4 Å². The lowest BCUT2D eigenvalue weighted by Gasteiger charge is -2.21. The van der Waals surface area contributed by atoms with Crippen LogP contribution in [0.4, 0.5) is 5.82 Å². The molecule has 21 heavy (non-hydrogen) atoms. The number of nitrogens with zero attached hydrogens (tertiary/aromatic N) is 1. The molecule has 1 aromatic heterocycles. The van der Waals surface area contributed by atoms with E-state index in [1.165, 1.54) is 0 Å². The molecule has 1 rings (SSSR count). The van der Waals surface area contributed by atoms with E-state index in [1.54, 1.807) is 19.2 Å². The number of carbonyl (C=O) groups excluding carboxylic acids is 1. The molecule has 1 atom stereocenters. The van der Waals surface area contributed by atoms with Crippen molar-refractivity contribution in [3.63, 3.8) is 0 Å². The van der Waals surface area contributed by atoms with Gasteiger partial charge in [-0.1, -0.05) is 32.4 Å². The summed E-state index contributed by atoms with van der Waals surface area (Å²) in [6.45, 7) is 7.37. The van der Waals surface area contributed by atoms with Crippen LogP contribution in [-0.4, -0.2) is 37.2 Å². The van der Waals surface area contributed by atoms with Crippen LogP contribution < -0.4 is 10.6 Å². The third kappa shape index (κ3) is 5.52. The second kappa shape index (κ2) is 8.85. The maximum atomic E-state index is 12.3. The Morgan fingerprint density at radius 1 is 1.43 bits per heavy atom. The average molecular weight is 314 g/mol. The van der Waals surface area contributed by atoms with Crippen LogP contribution in [0.5, 0.6) is 0 Å². The molecular weight excluding hydrogens is 290 g/mol. The fraction of sp³-hybridized carbons (Fsp3) is 0.600. The summed E-state index contributed by atoms with van der Waals surface area (Å²) in [5, 5.41) is 6.40. The second-order valence-corrected chi connectivity index (χ2v) is 5.64. The number of pyridine rings is 1. The Kier molecular flexibility index (Phi) is 7.47. The summed E-state index contributed by atoms with van der Waals surface area (Å²) in [7, 11) is 1.61. The number of carbonyl (C=O) groups is 1. The number of methoxy groups -OCH3 is 1. The number of ether oxygens (including phenoxy) is 1. The number of rotatable bonds is 8. The molecule has 0 aliphatic rings. The van der Waals surface area contributed by atoms with E-state index in [-0.39, 0.29) is 23.6 Å². The molecule has 0 aliphatic heterocycles. The predicted molar refractivity (Wildman–Crippen MR) is 86.0 cm³/mol. The smallest absolute Gasteiger partial charge is 0.271 e. The van der Waals surface area contributed by atoms with E-state index >= 15 is 0 Å². The molecule has 0 saturated heterocycles. The number of amides is 1. The van der Waals surface area contributed by atoms with E-state index in [4.69, 9.17) is 16.3 Å². The Labute approximate surface area is 131 Å². The lowest BCUT2D eigenvalue weighted by Crippen LogP contribution is -2.42. The van der Waals surface area contributed by atoms with Gasteiger partial charge in [-0.15, -0.1) is 0 Å². The molecule has 0 radical (unpaired) electrons. The van der Waals surface area contributed by atoms with Gasteiger partial charge in [0.1, 0.15) is 11.5 Å². The summed E-state index contributed by atoms with van der Waals surface area (Å²) < 4.78 is 5.13. The predicted octanol–water partition coefficient (Wildman–Crippen LogP) is 2.96. The number of aromatic nitrogens is 1. The largest absolute Gasteiger partial charge is 0.383 e. The quantitative estimate of drug-likeness (QED) is 0.774. The maximum Gasteiger partial charge on any atom is 0.271 e. The van der Waals surface area contributed by atoms with Crippen LogP contribution in [0, 0.1) is 5.92 Å². The van der Waals surface area contributed by atoms with E-state index in [9.17, 15) is 4.79 Å². The van der Waals surface area contributed by atoms with Gasteiger partial charge in [0.2, 0.25) is 0 Å².